The van der Waals surface area contributed by atoms with Crippen LogP contribution in [0.3, 0.4) is 0 Å². The lowest BCUT2D eigenvalue weighted by atomic mass is 10.1. The second-order valence-corrected chi connectivity index (χ2v) is 5.34. The van der Waals surface area contributed by atoms with Crippen LogP contribution < -0.4 is 10.2 Å². The highest BCUT2D eigenvalue weighted by Crippen LogP contribution is 2.24. The monoisotopic (exact) mass is 240 g/mol. The van der Waals surface area contributed by atoms with Crippen LogP contribution in [0.15, 0.2) is 42.5 Å². The predicted octanol–water partition coefficient (Wildman–Crippen LogP) is 3.03. The molecule has 0 saturated carbocycles. The van der Waals surface area contributed by atoms with Gasteiger partial charge in [-0.05, 0) is 36.8 Å². The largest absolute Gasteiger partial charge is 0.366 e. The van der Waals surface area contributed by atoms with Gasteiger partial charge in [-0.15, -0.1) is 0 Å². The summed E-state index contributed by atoms with van der Waals surface area (Å²) in [5.41, 5.74) is 1.34. The summed E-state index contributed by atoms with van der Waals surface area (Å²) in [6.07, 6.45) is 0. The van der Waals surface area contributed by atoms with E-state index in [-0.39, 0.29) is 0 Å². The lowest BCUT2D eigenvalue weighted by Gasteiger charge is -2.39. The summed E-state index contributed by atoms with van der Waals surface area (Å²) in [5, 5.41) is 6.17. The van der Waals surface area contributed by atoms with Crippen molar-refractivity contribution in [2.45, 2.75) is 25.9 Å². The number of hydrogen-bond donors (Lipinski definition) is 1. The van der Waals surface area contributed by atoms with E-state index < -0.39 is 0 Å². The van der Waals surface area contributed by atoms with E-state index in [0.717, 1.165) is 13.1 Å². The van der Waals surface area contributed by atoms with Gasteiger partial charge >= 0.3 is 0 Å². The van der Waals surface area contributed by atoms with Gasteiger partial charge in [0.05, 0.1) is 0 Å². The third kappa shape index (κ3) is 2.08. The molecule has 1 aliphatic heterocycles. The first-order valence-corrected chi connectivity index (χ1v) is 6.73. The fourth-order valence-electron chi connectivity index (χ4n) is 2.74. The van der Waals surface area contributed by atoms with Crippen molar-refractivity contribution < 1.29 is 0 Å². The van der Waals surface area contributed by atoms with Crippen LogP contribution in [0, 0.1) is 0 Å². The van der Waals surface area contributed by atoms with Crippen molar-refractivity contribution in [1.82, 2.24) is 5.32 Å². The van der Waals surface area contributed by atoms with Gasteiger partial charge in [0.2, 0.25) is 0 Å². The molecule has 1 aliphatic rings. The van der Waals surface area contributed by atoms with E-state index in [9.17, 15) is 0 Å². The molecule has 1 heterocycles. The first kappa shape index (κ1) is 11.5. The van der Waals surface area contributed by atoms with Crippen LogP contribution in [0.5, 0.6) is 0 Å². The predicted molar refractivity (Wildman–Crippen MR) is 78.2 cm³/mol. The fourth-order valence-corrected chi connectivity index (χ4v) is 2.74. The Kier molecular flexibility index (Phi) is 2.96. The number of nitrogens with one attached hydrogen (secondary N) is 1. The van der Waals surface area contributed by atoms with Crippen LogP contribution in [-0.4, -0.2) is 25.2 Å². The Balaban J connectivity index is 1.97. The maximum Gasteiger partial charge on any atom is 0.0387 e. The summed E-state index contributed by atoms with van der Waals surface area (Å²) in [6, 6.07) is 16.5. The first-order valence-electron chi connectivity index (χ1n) is 6.73. The average molecular weight is 240 g/mol. The molecule has 0 radical (unpaired) electrons. The fraction of sp³-hybridized carbons (Fsp3) is 0.375. The zero-order chi connectivity index (χ0) is 12.5. The minimum absolute atomic E-state index is 0.558. The number of nitrogens with zero attached hydrogens (tertiary/aromatic N) is 1. The molecule has 1 saturated heterocycles. The molecule has 0 aliphatic carbocycles. The number of fused-ring (bicyclic) bond motifs is 1. The van der Waals surface area contributed by atoms with E-state index in [1.807, 2.05) is 0 Å². The highest BCUT2D eigenvalue weighted by molar-refractivity contribution is 5.85. The van der Waals surface area contributed by atoms with Gasteiger partial charge in [-0.25, -0.2) is 0 Å². The SMILES string of the molecule is CC1CN(c2ccc3ccccc3c2)C(C)CN1. The van der Waals surface area contributed by atoms with E-state index in [4.69, 9.17) is 0 Å². The molecule has 0 bridgehead atoms. The van der Waals surface area contributed by atoms with Gasteiger partial charge in [0.15, 0.2) is 0 Å². The van der Waals surface area contributed by atoms with Gasteiger partial charge in [0, 0.05) is 30.9 Å². The minimum Gasteiger partial charge on any atom is -0.366 e. The van der Waals surface area contributed by atoms with E-state index in [0.29, 0.717) is 12.1 Å². The normalized spacial score (nSPS) is 24.4. The highest BCUT2D eigenvalue weighted by atomic mass is 15.2. The Morgan fingerprint density at radius 3 is 2.67 bits per heavy atom. The maximum absolute atomic E-state index is 3.53. The van der Waals surface area contributed by atoms with Gasteiger partial charge in [-0.2, -0.15) is 0 Å². The van der Waals surface area contributed by atoms with Gasteiger partial charge in [-0.1, -0.05) is 30.3 Å². The van der Waals surface area contributed by atoms with Crippen molar-refractivity contribution >= 4 is 16.5 Å². The summed E-state index contributed by atoms with van der Waals surface area (Å²) in [4.78, 5) is 2.51. The zero-order valence-electron chi connectivity index (χ0n) is 11.1. The smallest absolute Gasteiger partial charge is 0.0387 e. The van der Waals surface area contributed by atoms with Gasteiger partial charge in [-0.3, -0.25) is 0 Å². The van der Waals surface area contributed by atoms with Crippen molar-refractivity contribution in [2.75, 3.05) is 18.0 Å². The first-order chi connectivity index (χ1) is 8.74. The van der Waals surface area contributed by atoms with Crippen LogP contribution in [0.2, 0.25) is 0 Å². The topological polar surface area (TPSA) is 15.3 Å². The van der Waals surface area contributed by atoms with Crippen LogP contribution in [0.25, 0.3) is 10.8 Å². The molecule has 0 amide bonds. The van der Waals surface area contributed by atoms with Crippen LogP contribution in [0.4, 0.5) is 5.69 Å². The molecule has 2 nitrogen and oxygen atoms in total. The van der Waals surface area contributed by atoms with E-state index >= 15 is 0 Å². The standard InChI is InChI=1S/C16H20N2/c1-12-11-18(13(2)10-17-12)16-8-7-14-5-3-4-6-15(14)9-16/h3-9,12-13,17H,10-11H2,1-2H3. The number of piperazine rings is 1. The summed E-state index contributed by atoms with van der Waals surface area (Å²) in [6.45, 7) is 6.68. The minimum atomic E-state index is 0.558. The lowest BCUT2D eigenvalue weighted by Crippen LogP contribution is -2.54. The van der Waals surface area contributed by atoms with E-state index in [1.54, 1.807) is 0 Å². The summed E-state index contributed by atoms with van der Waals surface area (Å²) >= 11 is 0. The molecule has 18 heavy (non-hydrogen) atoms. The number of hydrogen-bond acceptors (Lipinski definition) is 2. The van der Waals surface area contributed by atoms with Gasteiger partial charge < -0.3 is 10.2 Å². The van der Waals surface area contributed by atoms with E-state index in [2.05, 4.69) is 66.5 Å². The molecule has 2 unspecified atom stereocenters. The number of rotatable bonds is 1. The summed E-state index contributed by atoms with van der Waals surface area (Å²) < 4.78 is 0. The quantitative estimate of drug-likeness (QED) is 0.824. The van der Waals surface area contributed by atoms with Crippen LogP contribution in [-0.2, 0) is 0 Å². The van der Waals surface area contributed by atoms with Crippen molar-refractivity contribution in [3.63, 3.8) is 0 Å². The number of anilines is 1. The summed E-state index contributed by atoms with van der Waals surface area (Å²) in [7, 11) is 0. The Labute approximate surface area is 109 Å². The molecule has 2 atom stereocenters. The van der Waals surface area contributed by atoms with E-state index in [1.165, 1.54) is 16.5 Å². The Bertz CT molecular complexity index is 550. The van der Waals surface area contributed by atoms with Gasteiger partial charge in [0.25, 0.3) is 0 Å². The van der Waals surface area contributed by atoms with Crippen molar-refractivity contribution in [3.05, 3.63) is 42.5 Å². The third-order valence-electron chi connectivity index (χ3n) is 3.83. The third-order valence-corrected chi connectivity index (χ3v) is 3.83. The Morgan fingerprint density at radius 2 is 1.83 bits per heavy atom. The Hall–Kier alpha value is -1.54. The second-order valence-electron chi connectivity index (χ2n) is 5.34. The molecule has 3 rings (SSSR count). The van der Waals surface area contributed by atoms with Crippen LogP contribution in [0.1, 0.15) is 13.8 Å². The molecule has 1 fully saturated rings. The van der Waals surface area contributed by atoms with Crippen molar-refractivity contribution in [3.8, 4) is 0 Å². The molecule has 94 valence electrons. The molecule has 2 aromatic carbocycles. The van der Waals surface area contributed by atoms with Crippen molar-refractivity contribution in [1.29, 1.82) is 0 Å². The zero-order valence-corrected chi connectivity index (χ0v) is 11.1. The van der Waals surface area contributed by atoms with Crippen LogP contribution >= 0.6 is 0 Å². The van der Waals surface area contributed by atoms with Gasteiger partial charge in [0.1, 0.15) is 0 Å². The molecular weight excluding hydrogens is 220 g/mol. The maximum atomic E-state index is 3.53. The summed E-state index contributed by atoms with van der Waals surface area (Å²) in [5.74, 6) is 0. The molecular formula is C16H20N2. The number of benzene rings is 2. The molecule has 0 aromatic heterocycles. The second kappa shape index (κ2) is 4.62. The molecule has 2 heteroatoms. The molecule has 2 aromatic rings. The Morgan fingerprint density at radius 1 is 1.06 bits per heavy atom. The lowest BCUT2D eigenvalue weighted by molar-refractivity contribution is 0.425. The van der Waals surface area contributed by atoms with Crippen molar-refractivity contribution in [2.24, 2.45) is 0 Å². The molecule has 1 N–H and O–H groups in total. The molecule has 0 spiro atoms. The highest BCUT2D eigenvalue weighted by Gasteiger charge is 2.22. The average Bonchev–Trinajstić information content (AvgIpc) is 2.41.